The molecule has 1 aromatic carbocycles. The molecule has 3 aromatic heterocycles. The van der Waals surface area contributed by atoms with Crippen LogP contribution in [0.15, 0.2) is 43.0 Å². The molecule has 0 unspecified atom stereocenters. The first-order chi connectivity index (χ1) is 12.2. The zero-order chi connectivity index (χ0) is 17.4. The first kappa shape index (κ1) is 16.1. The Morgan fingerprint density at radius 2 is 1.76 bits per heavy atom. The van der Waals surface area contributed by atoms with Gasteiger partial charge >= 0.3 is 0 Å². The Balaban J connectivity index is 1.79. The molecule has 0 saturated carbocycles. The lowest BCUT2D eigenvalue weighted by Gasteiger charge is -2.09. The molecule has 0 saturated heterocycles. The highest BCUT2D eigenvalue weighted by Gasteiger charge is 2.15. The van der Waals surface area contributed by atoms with Gasteiger partial charge in [0.15, 0.2) is 11.6 Å². The third-order valence-electron chi connectivity index (χ3n) is 3.98. The maximum Gasteiger partial charge on any atom is 0.195 e. The molecule has 0 atom stereocenters. The van der Waals surface area contributed by atoms with Crippen LogP contribution in [0.1, 0.15) is 12.7 Å². The molecule has 0 aliphatic rings. The second-order valence-electron chi connectivity index (χ2n) is 5.48. The number of aryl methyl sites for hydroxylation is 1. The van der Waals surface area contributed by atoms with Crippen molar-refractivity contribution in [3.8, 4) is 11.6 Å². The number of hydrogen-bond donors (Lipinski definition) is 0. The predicted octanol–water partition coefficient (Wildman–Crippen LogP) is 4.06. The summed E-state index contributed by atoms with van der Waals surface area (Å²) in [6.07, 6.45) is 7.03. The minimum Gasteiger partial charge on any atom is -0.327 e. The van der Waals surface area contributed by atoms with E-state index in [1.807, 2.05) is 16.8 Å². The molecule has 0 radical (unpaired) electrons. The summed E-state index contributed by atoms with van der Waals surface area (Å²) < 4.78 is 4.10. The second kappa shape index (κ2) is 6.46. The maximum absolute atomic E-state index is 6.17. The van der Waals surface area contributed by atoms with Crippen molar-refractivity contribution in [2.24, 2.45) is 0 Å². The van der Waals surface area contributed by atoms with E-state index in [1.54, 1.807) is 30.7 Å². The highest BCUT2D eigenvalue weighted by atomic mass is 35.5. The van der Waals surface area contributed by atoms with E-state index in [0.29, 0.717) is 28.2 Å². The van der Waals surface area contributed by atoms with Crippen molar-refractivity contribution in [2.45, 2.75) is 20.0 Å². The van der Waals surface area contributed by atoms with Gasteiger partial charge in [0.05, 0.1) is 27.6 Å². The van der Waals surface area contributed by atoms with Crippen LogP contribution in [0.2, 0.25) is 10.0 Å². The molecule has 6 nitrogen and oxygen atoms in total. The molecule has 4 rings (SSSR count). The van der Waals surface area contributed by atoms with Gasteiger partial charge < -0.3 is 9.13 Å². The smallest absolute Gasteiger partial charge is 0.195 e. The maximum atomic E-state index is 6.17. The summed E-state index contributed by atoms with van der Waals surface area (Å²) in [4.78, 5) is 17.7. The van der Waals surface area contributed by atoms with Gasteiger partial charge in [0, 0.05) is 31.3 Å². The molecule has 0 amide bonds. The van der Waals surface area contributed by atoms with Crippen LogP contribution in [-0.2, 0) is 13.1 Å². The van der Waals surface area contributed by atoms with Crippen LogP contribution in [0, 0.1) is 0 Å². The Morgan fingerprint density at radius 1 is 1.00 bits per heavy atom. The normalized spacial score (nSPS) is 11.3. The molecule has 0 bridgehead atoms. The summed E-state index contributed by atoms with van der Waals surface area (Å²) in [6.45, 7) is 3.39. The van der Waals surface area contributed by atoms with Gasteiger partial charge in [-0.15, -0.1) is 0 Å². The van der Waals surface area contributed by atoms with E-state index in [4.69, 9.17) is 28.2 Å². The monoisotopic (exact) mass is 372 g/mol. The lowest BCUT2D eigenvalue weighted by molar-refractivity contribution is 0.665. The van der Waals surface area contributed by atoms with E-state index in [2.05, 4.69) is 26.4 Å². The molecule has 0 aliphatic heterocycles. The summed E-state index contributed by atoms with van der Waals surface area (Å²) >= 11 is 12.3. The summed E-state index contributed by atoms with van der Waals surface area (Å²) in [6, 6.07) is 5.43. The standard InChI is InChI=1S/C17H14Cl2N6/c1-2-25-14-9-12(19)11(18)8-13(14)23-15(25)10-24-7-6-22-17(24)16-20-4-3-5-21-16/h3-9H,2,10H2,1H3. The van der Waals surface area contributed by atoms with Crippen LogP contribution >= 0.6 is 23.2 Å². The van der Waals surface area contributed by atoms with Gasteiger partial charge in [0.1, 0.15) is 5.82 Å². The molecule has 8 heteroatoms. The van der Waals surface area contributed by atoms with Gasteiger partial charge in [0.25, 0.3) is 0 Å². The molecule has 0 fully saturated rings. The van der Waals surface area contributed by atoms with Crippen molar-refractivity contribution >= 4 is 34.2 Å². The highest BCUT2D eigenvalue weighted by molar-refractivity contribution is 6.42. The highest BCUT2D eigenvalue weighted by Crippen LogP contribution is 2.28. The van der Waals surface area contributed by atoms with Crippen molar-refractivity contribution in [1.82, 2.24) is 29.1 Å². The molecular formula is C17H14Cl2N6. The largest absolute Gasteiger partial charge is 0.327 e. The number of fused-ring (bicyclic) bond motifs is 1. The number of nitrogens with zero attached hydrogens (tertiary/aromatic N) is 6. The SMILES string of the molecule is CCn1c(Cn2ccnc2-c2ncccn2)nc2cc(Cl)c(Cl)cc21. The fourth-order valence-electron chi connectivity index (χ4n) is 2.85. The number of hydrogen-bond acceptors (Lipinski definition) is 4. The summed E-state index contributed by atoms with van der Waals surface area (Å²) in [5, 5.41) is 1.03. The molecule has 25 heavy (non-hydrogen) atoms. The molecule has 0 aliphatic carbocycles. The Hall–Kier alpha value is -2.44. The van der Waals surface area contributed by atoms with E-state index < -0.39 is 0 Å². The Morgan fingerprint density at radius 3 is 2.52 bits per heavy atom. The van der Waals surface area contributed by atoms with Gasteiger partial charge in [-0.2, -0.15) is 0 Å². The van der Waals surface area contributed by atoms with Gasteiger partial charge in [-0.3, -0.25) is 0 Å². The number of halogens is 2. The summed E-state index contributed by atoms with van der Waals surface area (Å²) in [5.41, 5.74) is 1.79. The van der Waals surface area contributed by atoms with E-state index in [1.165, 1.54) is 0 Å². The molecule has 126 valence electrons. The predicted molar refractivity (Wildman–Crippen MR) is 97.8 cm³/mol. The molecule has 0 spiro atoms. The lowest BCUT2D eigenvalue weighted by Crippen LogP contribution is -2.09. The van der Waals surface area contributed by atoms with Crippen LogP contribution < -0.4 is 0 Å². The number of rotatable bonds is 4. The molecule has 4 aromatic rings. The first-order valence-electron chi connectivity index (χ1n) is 7.80. The van der Waals surface area contributed by atoms with E-state index in [0.717, 1.165) is 23.4 Å². The van der Waals surface area contributed by atoms with E-state index in [9.17, 15) is 0 Å². The van der Waals surface area contributed by atoms with Crippen LogP contribution in [-0.4, -0.2) is 29.1 Å². The lowest BCUT2D eigenvalue weighted by atomic mass is 10.3. The van der Waals surface area contributed by atoms with Crippen LogP contribution in [0.25, 0.3) is 22.7 Å². The average Bonchev–Trinajstić information content (AvgIpc) is 3.20. The van der Waals surface area contributed by atoms with Crippen molar-refractivity contribution in [2.75, 3.05) is 0 Å². The third kappa shape index (κ3) is 2.88. The summed E-state index contributed by atoms with van der Waals surface area (Å²) in [5.74, 6) is 2.18. The third-order valence-corrected chi connectivity index (χ3v) is 4.70. The van der Waals surface area contributed by atoms with Crippen molar-refractivity contribution in [3.05, 3.63) is 58.9 Å². The minimum absolute atomic E-state index is 0.502. The molecule has 0 N–H and O–H groups in total. The van der Waals surface area contributed by atoms with Gasteiger partial charge in [-0.25, -0.2) is 19.9 Å². The van der Waals surface area contributed by atoms with Crippen LogP contribution in [0.5, 0.6) is 0 Å². The van der Waals surface area contributed by atoms with Crippen molar-refractivity contribution in [1.29, 1.82) is 0 Å². The topological polar surface area (TPSA) is 61.4 Å². The number of aromatic nitrogens is 6. The van der Waals surface area contributed by atoms with Gasteiger partial charge in [-0.05, 0) is 25.1 Å². The quantitative estimate of drug-likeness (QED) is 0.541. The Kier molecular flexibility index (Phi) is 4.15. The summed E-state index contributed by atoms with van der Waals surface area (Å²) in [7, 11) is 0. The van der Waals surface area contributed by atoms with Gasteiger partial charge in [0.2, 0.25) is 0 Å². The van der Waals surface area contributed by atoms with Crippen molar-refractivity contribution < 1.29 is 0 Å². The fourth-order valence-corrected chi connectivity index (χ4v) is 3.17. The minimum atomic E-state index is 0.502. The zero-order valence-corrected chi connectivity index (χ0v) is 14.9. The first-order valence-corrected chi connectivity index (χ1v) is 8.55. The average molecular weight is 373 g/mol. The van der Waals surface area contributed by atoms with E-state index in [-0.39, 0.29) is 0 Å². The Labute approximate surface area is 154 Å². The molecule has 3 heterocycles. The van der Waals surface area contributed by atoms with Crippen molar-refractivity contribution in [3.63, 3.8) is 0 Å². The fraction of sp³-hybridized carbons (Fsp3) is 0.176. The number of benzene rings is 1. The number of imidazole rings is 2. The van der Waals surface area contributed by atoms with Crippen LogP contribution in [0.3, 0.4) is 0 Å². The Bertz CT molecular complexity index is 1040. The van der Waals surface area contributed by atoms with E-state index >= 15 is 0 Å². The zero-order valence-electron chi connectivity index (χ0n) is 13.4. The van der Waals surface area contributed by atoms with Crippen LogP contribution in [0.4, 0.5) is 0 Å². The second-order valence-corrected chi connectivity index (χ2v) is 6.29. The van der Waals surface area contributed by atoms with Gasteiger partial charge in [-0.1, -0.05) is 23.2 Å². The molecular weight excluding hydrogens is 359 g/mol.